The van der Waals surface area contributed by atoms with Crippen LogP contribution in [0, 0.1) is 0 Å². The van der Waals surface area contributed by atoms with E-state index in [0.29, 0.717) is 0 Å². The minimum atomic E-state index is -0.880. The average Bonchev–Trinajstić information content (AvgIpc) is 3.13. The summed E-state index contributed by atoms with van der Waals surface area (Å²) in [4.78, 5) is 26.3. The molecule has 2 aromatic heterocycles. The van der Waals surface area contributed by atoms with Crippen LogP contribution in [0.15, 0.2) is 9.59 Å². The molecule has 0 saturated carbocycles. The number of rotatable bonds is 2. The number of aliphatic hydroxyl groups is 1. The van der Waals surface area contributed by atoms with Gasteiger partial charge in [-0.2, -0.15) is 8.75 Å². The van der Waals surface area contributed by atoms with Crippen molar-refractivity contribution in [3.05, 3.63) is 20.8 Å². The molecule has 4 rings (SSSR count). The molecule has 0 spiro atoms. The van der Waals surface area contributed by atoms with Gasteiger partial charge in [-0.1, -0.05) is 0 Å². The lowest BCUT2D eigenvalue weighted by atomic mass is 10.1. The van der Waals surface area contributed by atoms with Gasteiger partial charge in [0.05, 0.1) is 18.3 Å². The van der Waals surface area contributed by atoms with E-state index in [9.17, 15) is 14.7 Å². The lowest BCUT2D eigenvalue weighted by Gasteiger charge is -2.24. The predicted octanol–water partition coefficient (Wildman–Crippen LogP) is -1.05. The molecule has 0 unspecified atom stereocenters. The molecule has 0 aromatic carbocycles. The average molecular weight is 342 g/mol. The van der Waals surface area contributed by atoms with Gasteiger partial charge in [-0.15, -0.1) is 0 Å². The van der Waals surface area contributed by atoms with Gasteiger partial charge >= 0.3 is 5.69 Å². The molecule has 4 heterocycles. The van der Waals surface area contributed by atoms with Gasteiger partial charge in [-0.25, -0.2) is 9.36 Å². The van der Waals surface area contributed by atoms with Crippen molar-refractivity contribution in [2.75, 3.05) is 6.61 Å². The lowest BCUT2D eigenvalue weighted by molar-refractivity contribution is -0.200. The smallest absolute Gasteiger partial charge is 0.332 e. The van der Waals surface area contributed by atoms with Crippen LogP contribution in [0.4, 0.5) is 0 Å². The number of nitrogens with zero attached hydrogens (tertiary/aromatic N) is 3. The topological polar surface area (TPSA) is 129 Å². The molecule has 2 aliphatic heterocycles. The van der Waals surface area contributed by atoms with Crippen LogP contribution in [0.1, 0.15) is 20.1 Å². The van der Waals surface area contributed by atoms with E-state index in [4.69, 9.17) is 14.2 Å². The summed E-state index contributed by atoms with van der Waals surface area (Å²) in [5.41, 5.74) is -1.10. The minimum absolute atomic E-state index is 0.0559. The number of hydrogen-bond donors (Lipinski definition) is 2. The SMILES string of the molecule is CC1(C)O[C@@H]2[C@H](O1)[C@@H](CO)O[C@H]2n1c(=O)[nH]c(=O)c2nsnc21. The second kappa shape index (κ2) is 4.92. The van der Waals surface area contributed by atoms with Gasteiger partial charge in [0.1, 0.15) is 18.3 Å². The van der Waals surface area contributed by atoms with Crippen LogP contribution in [-0.4, -0.2) is 54.1 Å². The predicted molar refractivity (Wildman–Crippen MR) is 77.1 cm³/mol. The fourth-order valence-corrected chi connectivity index (χ4v) is 3.59. The second-order valence-corrected chi connectivity index (χ2v) is 6.41. The zero-order chi connectivity index (χ0) is 16.4. The highest BCUT2D eigenvalue weighted by molar-refractivity contribution is 7.00. The molecule has 2 aliphatic rings. The first-order valence-electron chi connectivity index (χ1n) is 7.00. The maximum Gasteiger partial charge on any atom is 0.332 e. The Morgan fingerprint density at radius 1 is 1.30 bits per heavy atom. The Balaban J connectivity index is 1.87. The molecule has 4 atom stereocenters. The summed E-state index contributed by atoms with van der Waals surface area (Å²) < 4.78 is 26.4. The van der Waals surface area contributed by atoms with E-state index >= 15 is 0 Å². The zero-order valence-electron chi connectivity index (χ0n) is 12.3. The monoisotopic (exact) mass is 342 g/mol. The number of fused-ring (bicyclic) bond motifs is 2. The summed E-state index contributed by atoms with van der Waals surface area (Å²) in [5.74, 6) is -0.865. The molecule has 0 amide bonds. The number of aromatic nitrogens is 4. The van der Waals surface area contributed by atoms with Gasteiger partial charge in [0, 0.05) is 0 Å². The minimum Gasteiger partial charge on any atom is -0.394 e. The molecular weight excluding hydrogens is 328 g/mol. The Morgan fingerprint density at radius 2 is 2.04 bits per heavy atom. The number of H-pyrrole nitrogens is 1. The zero-order valence-corrected chi connectivity index (χ0v) is 13.1. The summed E-state index contributed by atoms with van der Waals surface area (Å²) in [6, 6.07) is 0. The summed E-state index contributed by atoms with van der Waals surface area (Å²) in [5, 5.41) is 9.50. The van der Waals surface area contributed by atoms with Gasteiger partial charge < -0.3 is 19.3 Å². The molecule has 23 heavy (non-hydrogen) atoms. The first kappa shape index (κ1) is 14.9. The normalized spacial score (nSPS) is 32.5. The van der Waals surface area contributed by atoms with Crippen molar-refractivity contribution in [3.8, 4) is 0 Å². The Morgan fingerprint density at radius 3 is 2.78 bits per heavy atom. The number of ether oxygens (including phenoxy) is 3. The third-order valence-corrected chi connectivity index (χ3v) is 4.43. The lowest BCUT2D eigenvalue weighted by Crippen LogP contribution is -2.38. The number of aliphatic hydroxyl groups excluding tert-OH is 1. The molecule has 2 N–H and O–H groups in total. The van der Waals surface area contributed by atoms with Crippen LogP contribution in [0.5, 0.6) is 0 Å². The first-order valence-corrected chi connectivity index (χ1v) is 7.73. The molecule has 0 radical (unpaired) electrons. The van der Waals surface area contributed by atoms with Crippen LogP contribution in [0.3, 0.4) is 0 Å². The van der Waals surface area contributed by atoms with E-state index in [0.717, 1.165) is 11.7 Å². The van der Waals surface area contributed by atoms with Crippen LogP contribution in [0.25, 0.3) is 11.2 Å². The number of hydrogen-bond acceptors (Lipinski definition) is 9. The molecule has 0 aliphatic carbocycles. The fraction of sp³-hybridized carbons (Fsp3) is 0.667. The van der Waals surface area contributed by atoms with Crippen molar-refractivity contribution in [1.82, 2.24) is 18.3 Å². The van der Waals surface area contributed by atoms with Gasteiger partial charge in [0.2, 0.25) is 0 Å². The van der Waals surface area contributed by atoms with Crippen molar-refractivity contribution in [1.29, 1.82) is 0 Å². The van der Waals surface area contributed by atoms with E-state index in [2.05, 4.69) is 13.7 Å². The third kappa shape index (κ3) is 2.16. The maximum absolute atomic E-state index is 12.3. The Hall–Kier alpha value is -1.66. The Bertz CT molecular complexity index is 872. The number of aromatic amines is 1. The summed E-state index contributed by atoms with van der Waals surface area (Å²) in [7, 11) is 0. The van der Waals surface area contributed by atoms with E-state index in [1.165, 1.54) is 4.57 Å². The molecule has 2 fully saturated rings. The first-order chi connectivity index (χ1) is 10.9. The van der Waals surface area contributed by atoms with Crippen molar-refractivity contribution in [2.45, 2.75) is 44.2 Å². The van der Waals surface area contributed by atoms with Crippen molar-refractivity contribution in [2.24, 2.45) is 0 Å². The number of nitrogens with one attached hydrogen (secondary N) is 1. The van der Waals surface area contributed by atoms with E-state index in [1.54, 1.807) is 13.8 Å². The molecule has 2 aromatic rings. The van der Waals surface area contributed by atoms with E-state index in [1.807, 2.05) is 0 Å². The van der Waals surface area contributed by atoms with Crippen molar-refractivity contribution >= 4 is 22.9 Å². The van der Waals surface area contributed by atoms with Gasteiger partial charge in [0.15, 0.2) is 23.2 Å². The quantitative estimate of drug-likeness (QED) is 0.707. The summed E-state index contributed by atoms with van der Waals surface area (Å²) in [6.07, 6.45) is -2.67. The maximum atomic E-state index is 12.3. The van der Waals surface area contributed by atoms with Crippen LogP contribution >= 0.6 is 11.7 Å². The van der Waals surface area contributed by atoms with Gasteiger partial charge in [0.25, 0.3) is 5.56 Å². The van der Waals surface area contributed by atoms with E-state index in [-0.39, 0.29) is 17.8 Å². The Labute approximate surface area is 132 Å². The van der Waals surface area contributed by atoms with Crippen molar-refractivity contribution < 1.29 is 19.3 Å². The third-order valence-electron chi connectivity index (χ3n) is 3.91. The Kier molecular flexibility index (Phi) is 3.19. The van der Waals surface area contributed by atoms with E-state index < -0.39 is 41.6 Å². The van der Waals surface area contributed by atoms with Gasteiger partial charge in [-0.3, -0.25) is 9.78 Å². The van der Waals surface area contributed by atoms with Crippen LogP contribution < -0.4 is 11.2 Å². The second-order valence-electron chi connectivity index (χ2n) is 5.88. The largest absolute Gasteiger partial charge is 0.394 e. The molecule has 11 heteroatoms. The van der Waals surface area contributed by atoms with Crippen molar-refractivity contribution in [3.63, 3.8) is 0 Å². The van der Waals surface area contributed by atoms with Crippen LogP contribution in [-0.2, 0) is 14.2 Å². The summed E-state index contributed by atoms with van der Waals surface area (Å²) >= 11 is 0.824. The highest BCUT2D eigenvalue weighted by Gasteiger charge is 2.56. The standard InChI is InChI=1S/C12H14N4O6S/c1-12(2)21-6-4(3-17)20-10(7(6)22-12)16-8-5(14-23-15-8)9(18)13-11(16)19/h4,6-7,10,17H,3H2,1-2H3,(H,13,18,19)/t4-,6-,7-,10-/m1/s1. The molecule has 10 nitrogen and oxygen atoms in total. The fourth-order valence-electron chi connectivity index (χ4n) is 3.05. The molecule has 124 valence electrons. The molecule has 0 bridgehead atoms. The summed E-state index contributed by atoms with van der Waals surface area (Å²) in [6.45, 7) is 3.20. The molecular formula is C12H14N4O6S. The molecule has 2 saturated heterocycles. The van der Waals surface area contributed by atoms with Gasteiger partial charge in [-0.05, 0) is 13.8 Å². The highest BCUT2D eigenvalue weighted by Crippen LogP contribution is 2.42. The van der Waals surface area contributed by atoms with Crippen LogP contribution in [0.2, 0.25) is 0 Å². The highest BCUT2D eigenvalue weighted by atomic mass is 32.1.